The highest BCUT2D eigenvalue weighted by Gasteiger charge is 2.44. The lowest BCUT2D eigenvalue weighted by Gasteiger charge is -2.22. The van der Waals surface area contributed by atoms with Crippen LogP contribution in [0.15, 0.2) is 30.2 Å². The molecule has 0 spiro atoms. The molecule has 184 valence electrons. The Morgan fingerprint density at radius 3 is 2.88 bits per heavy atom. The van der Waals surface area contributed by atoms with Crippen molar-refractivity contribution in [1.82, 2.24) is 35.1 Å². The Hall–Kier alpha value is -2.84. The topological polar surface area (TPSA) is 164 Å². The highest BCUT2D eigenvalue weighted by molar-refractivity contribution is 7.09. The Balaban J connectivity index is 1.19. The van der Waals surface area contributed by atoms with E-state index in [9.17, 15) is 15.0 Å². The van der Waals surface area contributed by atoms with Gasteiger partial charge in [-0.05, 0) is 37.9 Å². The van der Waals surface area contributed by atoms with Gasteiger partial charge in [-0.2, -0.15) is 0 Å². The van der Waals surface area contributed by atoms with Crippen LogP contribution in [0.5, 0.6) is 0 Å². The molecule has 4 rings (SSSR count). The number of nitrogen functional groups attached to an aromatic ring is 1. The molecule has 3 aromatic rings. The van der Waals surface area contributed by atoms with Crippen LogP contribution in [-0.2, 0) is 11.2 Å². The van der Waals surface area contributed by atoms with Crippen LogP contribution in [0.2, 0.25) is 0 Å². The number of ether oxygens (including phenoxy) is 1. The number of hydrogen-bond donors (Lipinski definition) is 5. The van der Waals surface area contributed by atoms with E-state index in [1.807, 2.05) is 29.5 Å². The molecule has 4 unspecified atom stereocenters. The van der Waals surface area contributed by atoms with Crippen LogP contribution in [0, 0.1) is 0 Å². The molecule has 0 bridgehead atoms. The minimum absolute atomic E-state index is 0.184. The van der Waals surface area contributed by atoms with Crippen LogP contribution in [0.3, 0.4) is 0 Å². The van der Waals surface area contributed by atoms with E-state index < -0.39 is 24.5 Å². The Bertz CT molecular complexity index is 1080. The van der Waals surface area contributed by atoms with E-state index >= 15 is 0 Å². The number of aliphatic hydroxyl groups excluding tert-OH is 2. The van der Waals surface area contributed by atoms with Crippen molar-refractivity contribution >= 4 is 34.3 Å². The second-order valence-electron chi connectivity index (χ2n) is 8.26. The summed E-state index contributed by atoms with van der Waals surface area (Å²) >= 11 is 1.68. The van der Waals surface area contributed by atoms with Crippen LogP contribution in [0.1, 0.15) is 17.5 Å². The summed E-state index contributed by atoms with van der Waals surface area (Å²) in [6, 6.07) is 3.86. The van der Waals surface area contributed by atoms with E-state index in [0.717, 1.165) is 12.8 Å². The molecule has 0 aliphatic carbocycles. The smallest absolute Gasteiger partial charge is 0.314 e. The fourth-order valence-corrected chi connectivity index (χ4v) is 4.64. The number of nitrogens with two attached hydrogens (primary N) is 1. The third kappa shape index (κ3) is 5.62. The van der Waals surface area contributed by atoms with Gasteiger partial charge < -0.3 is 36.2 Å². The maximum absolute atomic E-state index is 11.9. The Morgan fingerprint density at radius 2 is 2.09 bits per heavy atom. The zero-order chi connectivity index (χ0) is 24.1. The highest BCUT2D eigenvalue weighted by Crippen LogP contribution is 2.32. The van der Waals surface area contributed by atoms with Crippen LogP contribution in [-0.4, -0.2) is 92.2 Å². The molecule has 0 radical (unpaired) electrons. The van der Waals surface area contributed by atoms with Gasteiger partial charge in [-0.3, -0.25) is 4.57 Å². The number of nitrogens with one attached hydrogen (secondary N) is 2. The predicted octanol–water partition coefficient (Wildman–Crippen LogP) is -0.0470. The molecule has 1 fully saturated rings. The standard InChI is InChI=1S/C21H30N8O4S/c1-28(8-3-6-23-21(32)24-7-5-13-4-2-9-34-13)10-14-16(30)17(31)20(33-14)29-12-27-15-18(22)25-11-26-19(15)29/h2,4,9,11-12,14,16-17,20,30-31H,3,5-8,10H2,1H3,(H2,22,25,26)(H2,23,24,32). The molecule has 3 aromatic heterocycles. The van der Waals surface area contributed by atoms with Gasteiger partial charge in [0.1, 0.15) is 30.2 Å². The molecule has 13 heteroatoms. The zero-order valence-corrected chi connectivity index (χ0v) is 19.7. The molecular formula is C21H30N8O4S. The number of carbonyl (C=O) groups is 1. The number of imidazole rings is 1. The highest BCUT2D eigenvalue weighted by atomic mass is 32.1. The van der Waals surface area contributed by atoms with Crippen molar-refractivity contribution in [2.75, 3.05) is 39.0 Å². The number of nitrogens with zero attached hydrogens (tertiary/aromatic N) is 5. The molecule has 4 heterocycles. The molecular weight excluding hydrogens is 460 g/mol. The van der Waals surface area contributed by atoms with Crippen LogP contribution in [0.25, 0.3) is 11.2 Å². The molecule has 2 amide bonds. The van der Waals surface area contributed by atoms with Crippen molar-refractivity contribution in [1.29, 1.82) is 0 Å². The van der Waals surface area contributed by atoms with Crippen molar-refractivity contribution in [3.05, 3.63) is 35.0 Å². The van der Waals surface area contributed by atoms with Gasteiger partial charge in [0.25, 0.3) is 0 Å². The van der Waals surface area contributed by atoms with E-state index in [1.165, 1.54) is 17.5 Å². The van der Waals surface area contributed by atoms with Crippen molar-refractivity contribution in [3.63, 3.8) is 0 Å². The molecule has 1 aliphatic heterocycles. The van der Waals surface area contributed by atoms with E-state index in [-0.39, 0.29) is 11.8 Å². The number of hydrogen-bond acceptors (Lipinski definition) is 10. The summed E-state index contributed by atoms with van der Waals surface area (Å²) in [7, 11) is 1.90. The average molecular weight is 491 g/mol. The number of amides is 2. The largest absolute Gasteiger partial charge is 0.387 e. The minimum atomic E-state index is -1.15. The first-order valence-electron chi connectivity index (χ1n) is 11.1. The molecule has 0 saturated carbocycles. The maximum atomic E-state index is 11.9. The Kier molecular flexibility index (Phi) is 7.90. The second-order valence-corrected chi connectivity index (χ2v) is 9.29. The first-order valence-corrected chi connectivity index (χ1v) is 12.0. The van der Waals surface area contributed by atoms with E-state index in [4.69, 9.17) is 10.5 Å². The first-order chi connectivity index (χ1) is 16.4. The number of likely N-dealkylation sites (N-methyl/N-ethyl adjacent to an activating group) is 1. The van der Waals surface area contributed by atoms with Crippen molar-refractivity contribution in [2.45, 2.75) is 37.4 Å². The molecule has 6 N–H and O–H groups in total. The number of rotatable bonds is 10. The van der Waals surface area contributed by atoms with Gasteiger partial charge in [-0.25, -0.2) is 19.7 Å². The number of urea groups is 1. The molecule has 1 saturated heterocycles. The van der Waals surface area contributed by atoms with E-state index in [2.05, 4.69) is 25.6 Å². The van der Waals surface area contributed by atoms with Gasteiger partial charge in [-0.1, -0.05) is 6.07 Å². The number of thiophene rings is 1. The summed E-state index contributed by atoms with van der Waals surface area (Å²) in [5.74, 6) is 0.234. The quantitative estimate of drug-likeness (QED) is 0.245. The van der Waals surface area contributed by atoms with Crippen LogP contribution < -0.4 is 16.4 Å². The molecule has 4 atom stereocenters. The Morgan fingerprint density at radius 1 is 1.26 bits per heavy atom. The minimum Gasteiger partial charge on any atom is -0.387 e. The van der Waals surface area contributed by atoms with Crippen molar-refractivity contribution in [2.24, 2.45) is 0 Å². The van der Waals surface area contributed by atoms with Crippen molar-refractivity contribution < 1.29 is 19.7 Å². The molecule has 1 aliphatic rings. The van der Waals surface area contributed by atoms with Gasteiger partial charge in [-0.15, -0.1) is 11.3 Å². The lowest BCUT2D eigenvalue weighted by Crippen LogP contribution is -2.40. The second kappa shape index (κ2) is 11.1. The van der Waals surface area contributed by atoms with E-state index in [1.54, 1.807) is 15.9 Å². The normalized spacial score (nSPS) is 22.5. The number of fused-ring (bicyclic) bond motifs is 1. The lowest BCUT2D eigenvalue weighted by atomic mass is 10.1. The Labute approximate surface area is 200 Å². The SMILES string of the molecule is CN(CCCNC(=O)NCCc1cccs1)CC1OC(n2cnc3c(N)ncnc32)C(O)C1O. The number of carbonyl (C=O) groups excluding carboxylic acids is 1. The number of aromatic nitrogens is 4. The summed E-state index contributed by atoms with van der Waals surface area (Å²) in [5.41, 5.74) is 6.67. The number of aliphatic hydroxyl groups is 2. The molecule has 12 nitrogen and oxygen atoms in total. The van der Waals surface area contributed by atoms with Gasteiger partial charge >= 0.3 is 6.03 Å². The maximum Gasteiger partial charge on any atom is 0.314 e. The van der Waals surface area contributed by atoms with Gasteiger partial charge in [0.2, 0.25) is 0 Å². The summed E-state index contributed by atoms with van der Waals surface area (Å²) in [4.78, 5) is 27.4. The summed E-state index contributed by atoms with van der Waals surface area (Å²) in [6.07, 6.45) is 0.674. The summed E-state index contributed by atoms with van der Waals surface area (Å²) in [6.45, 7) is 2.21. The van der Waals surface area contributed by atoms with Crippen molar-refractivity contribution in [3.8, 4) is 0 Å². The molecule has 34 heavy (non-hydrogen) atoms. The van der Waals surface area contributed by atoms with Crippen LogP contribution >= 0.6 is 11.3 Å². The van der Waals surface area contributed by atoms with Gasteiger partial charge in [0.15, 0.2) is 17.7 Å². The molecule has 0 aromatic carbocycles. The van der Waals surface area contributed by atoms with Crippen LogP contribution in [0.4, 0.5) is 10.6 Å². The first kappa shape index (κ1) is 24.3. The summed E-state index contributed by atoms with van der Waals surface area (Å²) < 4.78 is 7.53. The number of anilines is 1. The van der Waals surface area contributed by atoms with Gasteiger partial charge in [0.05, 0.1) is 6.33 Å². The monoisotopic (exact) mass is 490 g/mol. The summed E-state index contributed by atoms with van der Waals surface area (Å²) in [5, 5.41) is 28.8. The third-order valence-electron chi connectivity index (χ3n) is 5.73. The van der Waals surface area contributed by atoms with Gasteiger partial charge in [0, 0.05) is 24.5 Å². The van der Waals surface area contributed by atoms with E-state index in [0.29, 0.717) is 37.3 Å². The zero-order valence-electron chi connectivity index (χ0n) is 18.9. The fourth-order valence-electron chi connectivity index (χ4n) is 3.93. The fraction of sp³-hybridized carbons (Fsp3) is 0.524. The predicted molar refractivity (Wildman–Crippen MR) is 127 cm³/mol. The lowest BCUT2D eigenvalue weighted by molar-refractivity contribution is -0.0421. The third-order valence-corrected chi connectivity index (χ3v) is 6.67. The average Bonchev–Trinajstić information content (AvgIpc) is 3.54.